The zero-order valence-electron chi connectivity index (χ0n) is 17.7. The van der Waals surface area contributed by atoms with Gasteiger partial charge in [0, 0.05) is 0 Å². The van der Waals surface area contributed by atoms with Crippen LogP contribution in [0, 0.1) is 0 Å². The molecule has 0 fully saturated rings. The van der Waals surface area contributed by atoms with E-state index in [0.717, 1.165) is 0 Å². The molecule has 0 aliphatic rings. The number of phenols is 6. The number of hydrogen-bond acceptors (Lipinski definition) is 10. The monoisotopic (exact) mass is 494 g/mol. The topological polar surface area (TPSA) is 208 Å². The van der Waals surface area contributed by atoms with Gasteiger partial charge in [-0.05, 0) is 36.4 Å². The van der Waals surface area contributed by atoms with E-state index in [-0.39, 0.29) is 123 Å². The van der Waals surface area contributed by atoms with E-state index < -0.39 is 7.82 Å². The van der Waals surface area contributed by atoms with Crippen molar-refractivity contribution in [2.45, 2.75) is 0 Å². The Labute approximate surface area is 251 Å². The van der Waals surface area contributed by atoms with Gasteiger partial charge in [0.2, 0.25) is 0 Å². The smallest absolute Gasteiger partial charge is 0.822 e. The molecule has 158 valence electrons. The second-order valence-electron chi connectivity index (χ2n) is 4.91. The largest absolute Gasteiger partial charge is 1.00 e. The summed E-state index contributed by atoms with van der Waals surface area (Å²) >= 11 is 0. The van der Waals surface area contributed by atoms with Crippen molar-refractivity contribution in [2.24, 2.45) is 0 Å². The van der Waals surface area contributed by atoms with Crippen molar-refractivity contribution < 1.29 is 139 Å². The summed E-state index contributed by atoms with van der Waals surface area (Å²) in [5, 5.41) is 52.0. The molecule has 3 aromatic carbocycles. The quantitative estimate of drug-likeness (QED) is 0.0988. The van der Waals surface area contributed by atoms with Crippen molar-refractivity contribution in [1.82, 2.24) is 0 Å². The van der Waals surface area contributed by atoms with Crippen molar-refractivity contribution in [3.63, 3.8) is 0 Å². The predicted octanol–water partition coefficient (Wildman–Crippen LogP) is -8.52. The Morgan fingerprint density at radius 1 is 0.438 bits per heavy atom. The van der Waals surface area contributed by atoms with Crippen LogP contribution in [0.1, 0.15) is 0 Å². The first kappa shape index (κ1) is 38.8. The predicted molar refractivity (Wildman–Crippen MR) is 96.9 cm³/mol. The Balaban J connectivity index is -0.000000161. The van der Waals surface area contributed by atoms with Crippen LogP contribution in [0.4, 0.5) is 0 Å². The van der Waals surface area contributed by atoms with Gasteiger partial charge in [0.25, 0.3) is 0 Å². The van der Waals surface area contributed by atoms with Gasteiger partial charge < -0.3 is 49.9 Å². The molecule has 0 aromatic heterocycles. The first-order chi connectivity index (χ1) is 13.4. The molecule has 0 aliphatic heterocycles. The summed E-state index contributed by atoms with van der Waals surface area (Å²) in [5.74, 6) is -0.458. The first-order valence-corrected chi connectivity index (χ1v) is 9.01. The van der Waals surface area contributed by atoms with Crippen LogP contribution >= 0.6 is 7.82 Å². The third kappa shape index (κ3) is 22.8. The third-order valence-electron chi connectivity index (χ3n) is 2.65. The van der Waals surface area contributed by atoms with Gasteiger partial charge in [-0.25, -0.2) is 0 Å². The molecule has 0 spiro atoms. The van der Waals surface area contributed by atoms with Gasteiger partial charge in [-0.3, -0.25) is 0 Å². The summed E-state index contributed by atoms with van der Waals surface area (Å²) in [6.07, 6.45) is 0. The van der Waals surface area contributed by atoms with E-state index in [2.05, 4.69) is 0 Å². The molecule has 0 bridgehead atoms. The van der Waals surface area contributed by atoms with Crippen molar-refractivity contribution in [1.29, 1.82) is 0 Å². The van der Waals surface area contributed by atoms with Crippen LogP contribution in [0.15, 0.2) is 72.8 Å². The van der Waals surface area contributed by atoms with Crippen LogP contribution in [0.3, 0.4) is 0 Å². The molecule has 3 aromatic rings. The maximum absolute atomic E-state index is 8.67. The van der Waals surface area contributed by atoms with Crippen molar-refractivity contribution in [2.75, 3.05) is 0 Å². The second-order valence-corrected chi connectivity index (χ2v) is 5.81. The number of phosphoric acid groups is 1. The molecule has 6 N–H and O–H groups in total. The Morgan fingerprint density at radius 2 is 0.531 bits per heavy atom. The number of aromatic hydroxyl groups is 6. The molecule has 0 saturated carbocycles. The Morgan fingerprint density at radius 3 is 0.594 bits per heavy atom. The maximum atomic E-state index is 8.67. The maximum Gasteiger partial charge on any atom is 1.00 e. The molecule has 32 heavy (non-hydrogen) atoms. The molecule has 0 radical (unpaired) electrons. The second kappa shape index (κ2) is 21.1. The molecule has 0 heterocycles. The molecule has 0 amide bonds. The molecular formula is C18H18Na3O10P. The van der Waals surface area contributed by atoms with Crippen molar-refractivity contribution in [3.05, 3.63) is 72.8 Å². The van der Waals surface area contributed by atoms with Crippen molar-refractivity contribution >= 4 is 7.82 Å². The molecule has 0 saturated heterocycles. The molecule has 3 rings (SSSR count). The fourth-order valence-corrected chi connectivity index (χ4v) is 1.39. The standard InChI is InChI=1S/3C6H6O2.3Na.H3O4P/c3*7-5-3-1-2-4-6(5)8;;;;1-5(2,3)4/h3*1-4,7-8H;;;;(H3,1,2,3,4)/q;;;3*+1;/p-3. The van der Waals surface area contributed by atoms with Gasteiger partial charge in [0.15, 0.2) is 34.5 Å². The Kier molecular flexibility index (Phi) is 25.6. The van der Waals surface area contributed by atoms with E-state index in [1.54, 1.807) is 36.4 Å². The van der Waals surface area contributed by atoms with Gasteiger partial charge in [-0.1, -0.05) is 36.4 Å². The van der Waals surface area contributed by atoms with E-state index in [0.29, 0.717) is 0 Å². The summed E-state index contributed by atoms with van der Waals surface area (Å²) in [4.78, 5) is 25.6. The zero-order chi connectivity index (χ0) is 22.4. The minimum absolute atomic E-state index is 0. The van der Waals surface area contributed by atoms with E-state index in [1.165, 1.54) is 36.4 Å². The van der Waals surface area contributed by atoms with Crippen LogP contribution in [0.2, 0.25) is 0 Å². The molecular weight excluding hydrogens is 476 g/mol. The summed E-state index contributed by atoms with van der Waals surface area (Å²) in [6.45, 7) is 0. The average Bonchev–Trinajstić information content (AvgIpc) is 2.62. The molecule has 0 aliphatic carbocycles. The summed E-state index contributed by atoms with van der Waals surface area (Å²) < 4.78 is 8.55. The number of benzene rings is 3. The zero-order valence-corrected chi connectivity index (χ0v) is 24.6. The van der Waals surface area contributed by atoms with E-state index in [1.807, 2.05) is 0 Å². The summed E-state index contributed by atoms with van der Waals surface area (Å²) in [6, 6.07) is 18.4. The summed E-state index contributed by atoms with van der Waals surface area (Å²) in [7, 11) is -5.39. The van der Waals surface area contributed by atoms with E-state index in [9.17, 15) is 0 Å². The van der Waals surface area contributed by atoms with E-state index >= 15 is 0 Å². The van der Waals surface area contributed by atoms with Gasteiger partial charge in [-0.2, -0.15) is 7.82 Å². The SMILES string of the molecule is O=P([O-])([O-])[O-].Oc1ccccc1O.Oc1ccccc1O.Oc1ccccc1O.[Na+].[Na+].[Na+]. The fourth-order valence-electron chi connectivity index (χ4n) is 1.39. The molecule has 10 nitrogen and oxygen atoms in total. The Hall–Kier alpha value is -0.430. The average molecular weight is 494 g/mol. The van der Waals surface area contributed by atoms with Crippen LogP contribution in [-0.2, 0) is 4.57 Å². The van der Waals surface area contributed by atoms with Crippen LogP contribution in [-0.4, -0.2) is 30.6 Å². The van der Waals surface area contributed by atoms with E-state index in [4.69, 9.17) is 49.9 Å². The fraction of sp³-hybridized carbons (Fsp3) is 0. The Bertz CT molecular complexity index is 750. The first-order valence-electron chi connectivity index (χ1n) is 7.55. The third-order valence-corrected chi connectivity index (χ3v) is 2.65. The minimum atomic E-state index is -5.39. The normalized spacial score (nSPS) is 8.59. The molecule has 14 heteroatoms. The summed E-state index contributed by atoms with van der Waals surface area (Å²) in [5.41, 5.74) is 0. The molecule has 0 unspecified atom stereocenters. The van der Waals surface area contributed by atoms with Gasteiger partial charge in [-0.15, -0.1) is 0 Å². The van der Waals surface area contributed by atoms with Gasteiger partial charge in [0.05, 0.1) is 0 Å². The van der Waals surface area contributed by atoms with Crippen LogP contribution in [0.5, 0.6) is 34.5 Å². The van der Waals surface area contributed by atoms with Crippen molar-refractivity contribution in [3.8, 4) is 34.5 Å². The van der Waals surface area contributed by atoms with Crippen LogP contribution < -0.4 is 103 Å². The number of para-hydroxylation sites is 6. The molecule has 0 atom stereocenters. The minimum Gasteiger partial charge on any atom is -0.822 e. The van der Waals surface area contributed by atoms with Gasteiger partial charge in [0.1, 0.15) is 0 Å². The van der Waals surface area contributed by atoms with Crippen LogP contribution in [0.25, 0.3) is 0 Å². The number of rotatable bonds is 0. The van der Waals surface area contributed by atoms with Gasteiger partial charge >= 0.3 is 88.7 Å². The number of hydrogen-bond donors (Lipinski definition) is 6. The number of phenolic OH excluding ortho intramolecular Hbond substituents is 6.